The van der Waals surface area contributed by atoms with Crippen molar-refractivity contribution in [2.75, 3.05) is 13.2 Å². The summed E-state index contributed by atoms with van der Waals surface area (Å²) in [4.78, 5) is 11.1. The molecule has 3 aromatic rings. The fourth-order valence-corrected chi connectivity index (χ4v) is 2.91. The third kappa shape index (κ3) is 3.86. The predicted molar refractivity (Wildman–Crippen MR) is 103 cm³/mol. The number of benzene rings is 3. The first-order chi connectivity index (χ1) is 12.6. The summed E-state index contributed by atoms with van der Waals surface area (Å²) >= 11 is 0. The number of ether oxygens (including phenoxy) is 2. The summed E-state index contributed by atoms with van der Waals surface area (Å²) in [6.07, 6.45) is 1.09. The molecule has 1 unspecified atom stereocenters. The van der Waals surface area contributed by atoms with Crippen LogP contribution >= 0.6 is 0 Å². The third-order valence-corrected chi connectivity index (χ3v) is 4.29. The van der Waals surface area contributed by atoms with Crippen molar-refractivity contribution >= 4 is 27.5 Å². The normalized spacial score (nSPS) is 12.1. The number of hydrogen-bond acceptors (Lipinski definition) is 4. The van der Waals surface area contributed by atoms with Crippen LogP contribution in [-0.4, -0.2) is 30.4 Å². The smallest absolute Gasteiger partial charge is 0.330 e. The van der Waals surface area contributed by atoms with Gasteiger partial charge in [-0.25, -0.2) is 4.79 Å². The maximum atomic E-state index is 11.1. The number of aryl methyl sites for hydroxylation is 1. The molecule has 3 rings (SSSR count). The molecule has 0 fully saturated rings. The molecule has 0 aromatic heterocycles. The lowest BCUT2D eigenvalue weighted by molar-refractivity contribution is -0.141. The van der Waals surface area contributed by atoms with Gasteiger partial charge in [-0.1, -0.05) is 49.9 Å². The number of fused-ring (bicyclic) bond motifs is 2. The Morgan fingerprint density at radius 3 is 2.65 bits per heavy atom. The summed E-state index contributed by atoms with van der Waals surface area (Å²) < 4.78 is 10.9. The van der Waals surface area contributed by atoms with Gasteiger partial charge < -0.3 is 14.6 Å². The van der Waals surface area contributed by atoms with Gasteiger partial charge >= 0.3 is 5.97 Å². The summed E-state index contributed by atoms with van der Waals surface area (Å²) in [6, 6.07) is 16.5. The van der Waals surface area contributed by atoms with E-state index in [4.69, 9.17) is 9.47 Å². The molecule has 0 amide bonds. The highest BCUT2D eigenvalue weighted by Crippen LogP contribution is 2.35. The molecule has 0 bridgehead atoms. The minimum Gasteiger partial charge on any atom is -0.489 e. The summed E-state index contributed by atoms with van der Waals surface area (Å²) in [5.74, 6) is 0.176. The van der Waals surface area contributed by atoms with Gasteiger partial charge in [-0.05, 0) is 34.9 Å². The van der Waals surface area contributed by atoms with Crippen LogP contribution in [-0.2, 0) is 16.0 Å². The lowest BCUT2D eigenvalue weighted by atomic mass is 9.99. The van der Waals surface area contributed by atoms with E-state index in [1.165, 1.54) is 5.56 Å². The second-order valence-corrected chi connectivity index (χ2v) is 6.13. The lowest BCUT2D eigenvalue weighted by Gasteiger charge is -2.16. The monoisotopic (exact) mass is 350 g/mol. The van der Waals surface area contributed by atoms with Crippen molar-refractivity contribution in [3.8, 4) is 5.75 Å². The van der Waals surface area contributed by atoms with Gasteiger partial charge in [-0.3, -0.25) is 0 Å². The average Bonchev–Trinajstić information content (AvgIpc) is 2.68. The summed E-state index contributed by atoms with van der Waals surface area (Å²) in [5.41, 5.74) is 1.22. The number of rotatable bonds is 7. The number of hydrogen-bond donors (Lipinski definition) is 1. The number of aliphatic hydroxyl groups excluding tert-OH is 1. The minimum absolute atomic E-state index is 0.0316. The van der Waals surface area contributed by atoms with Crippen molar-refractivity contribution in [2.24, 2.45) is 0 Å². The molecule has 4 heteroatoms. The molecule has 134 valence electrons. The number of carbonyl (C=O) groups is 1. The van der Waals surface area contributed by atoms with Gasteiger partial charge in [0.1, 0.15) is 25.1 Å². The molecule has 0 heterocycles. The molecule has 0 aliphatic heterocycles. The van der Waals surface area contributed by atoms with Crippen molar-refractivity contribution in [2.45, 2.75) is 19.4 Å². The van der Waals surface area contributed by atoms with E-state index in [2.05, 4.69) is 37.8 Å². The van der Waals surface area contributed by atoms with Gasteiger partial charge in [-0.15, -0.1) is 0 Å². The molecule has 0 saturated heterocycles. The molecular weight excluding hydrogens is 328 g/mol. The molecule has 0 radical (unpaired) electrons. The van der Waals surface area contributed by atoms with Crippen LogP contribution in [0.1, 0.15) is 12.5 Å². The fourth-order valence-electron chi connectivity index (χ4n) is 2.91. The Morgan fingerprint density at radius 1 is 1.12 bits per heavy atom. The predicted octanol–water partition coefficient (Wildman–Crippen LogP) is 4.02. The van der Waals surface area contributed by atoms with Crippen molar-refractivity contribution in [1.82, 2.24) is 0 Å². The number of aliphatic hydroxyl groups is 1. The van der Waals surface area contributed by atoms with Crippen LogP contribution < -0.4 is 4.74 Å². The summed E-state index contributed by atoms with van der Waals surface area (Å²) in [7, 11) is 0. The van der Waals surface area contributed by atoms with E-state index in [-0.39, 0.29) is 13.2 Å². The van der Waals surface area contributed by atoms with E-state index in [9.17, 15) is 9.90 Å². The largest absolute Gasteiger partial charge is 0.489 e. The molecule has 26 heavy (non-hydrogen) atoms. The van der Waals surface area contributed by atoms with Gasteiger partial charge in [0.05, 0.1) is 0 Å². The Morgan fingerprint density at radius 2 is 1.88 bits per heavy atom. The minimum atomic E-state index is -0.915. The second-order valence-electron chi connectivity index (χ2n) is 6.13. The van der Waals surface area contributed by atoms with E-state index in [0.29, 0.717) is 0 Å². The Labute approximate surface area is 152 Å². The highest BCUT2D eigenvalue weighted by molar-refractivity contribution is 6.05. The highest BCUT2D eigenvalue weighted by atomic mass is 16.5. The standard InChI is InChI=1S/C22H22O4/c1-3-15-9-10-17-12-16-7-5-6-8-19(16)22(20(17)11-15)26-14-18(23)13-25-21(24)4-2/h4-12,18,23H,2-3,13-14H2,1H3. The van der Waals surface area contributed by atoms with Gasteiger partial charge in [-0.2, -0.15) is 0 Å². The fraction of sp³-hybridized carbons (Fsp3) is 0.227. The zero-order chi connectivity index (χ0) is 18.5. The first-order valence-corrected chi connectivity index (χ1v) is 8.66. The van der Waals surface area contributed by atoms with Crippen molar-refractivity contribution < 1.29 is 19.4 Å². The lowest BCUT2D eigenvalue weighted by Crippen LogP contribution is -2.24. The topological polar surface area (TPSA) is 55.8 Å². The Bertz CT molecular complexity index is 945. The zero-order valence-corrected chi connectivity index (χ0v) is 14.8. The van der Waals surface area contributed by atoms with Crippen LogP contribution in [0.3, 0.4) is 0 Å². The van der Waals surface area contributed by atoms with E-state index < -0.39 is 12.1 Å². The van der Waals surface area contributed by atoms with Crippen LogP contribution in [0.15, 0.2) is 61.2 Å². The van der Waals surface area contributed by atoms with Gasteiger partial charge in [0.15, 0.2) is 0 Å². The zero-order valence-electron chi connectivity index (χ0n) is 14.8. The van der Waals surface area contributed by atoms with Crippen LogP contribution in [0.2, 0.25) is 0 Å². The van der Waals surface area contributed by atoms with Crippen LogP contribution in [0, 0.1) is 0 Å². The molecule has 3 aromatic carbocycles. The van der Waals surface area contributed by atoms with Crippen LogP contribution in [0.4, 0.5) is 0 Å². The quantitative estimate of drug-likeness (QED) is 0.397. The first-order valence-electron chi connectivity index (χ1n) is 8.66. The number of esters is 1. The van der Waals surface area contributed by atoms with Gasteiger partial charge in [0.2, 0.25) is 0 Å². The number of carbonyl (C=O) groups excluding carboxylic acids is 1. The molecular formula is C22H22O4. The third-order valence-electron chi connectivity index (χ3n) is 4.29. The summed E-state index contributed by atoms with van der Waals surface area (Å²) in [6.45, 7) is 5.34. The van der Waals surface area contributed by atoms with Crippen molar-refractivity contribution in [1.29, 1.82) is 0 Å². The molecule has 1 atom stereocenters. The van der Waals surface area contributed by atoms with Crippen molar-refractivity contribution in [3.05, 3.63) is 66.7 Å². The molecule has 0 spiro atoms. The molecule has 0 aliphatic rings. The Kier molecular flexibility index (Phi) is 5.54. The molecule has 4 nitrogen and oxygen atoms in total. The van der Waals surface area contributed by atoms with Crippen molar-refractivity contribution in [3.63, 3.8) is 0 Å². The maximum absolute atomic E-state index is 11.1. The first kappa shape index (κ1) is 18.0. The molecule has 0 aliphatic carbocycles. The summed E-state index contributed by atoms with van der Waals surface area (Å²) in [5, 5.41) is 14.2. The van der Waals surface area contributed by atoms with E-state index in [1.54, 1.807) is 0 Å². The van der Waals surface area contributed by atoms with Gasteiger partial charge in [0.25, 0.3) is 0 Å². The molecule has 0 saturated carbocycles. The Hall–Kier alpha value is -2.85. The highest BCUT2D eigenvalue weighted by Gasteiger charge is 2.13. The van der Waals surface area contributed by atoms with E-state index in [0.717, 1.165) is 39.8 Å². The second kappa shape index (κ2) is 8.02. The van der Waals surface area contributed by atoms with Crippen LogP contribution in [0.25, 0.3) is 21.5 Å². The average molecular weight is 350 g/mol. The SMILES string of the molecule is C=CC(=O)OCC(O)COc1c2ccccc2cc2ccc(CC)cc12. The molecule has 1 N–H and O–H groups in total. The van der Waals surface area contributed by atoms with E-state index >= 15 is 0 Å². The van der Waals surface area contributed by atoms with Gasteiger partial charge in [0, 0.05) is 16.8 Å². The Balaban J connectivity index is 1.93. The maximum Gasteiger partial charge on any atom is 0.330 e. The van der Waals surface area contributed by atoms with Crippen LogP contribution in [0.5, 0.6) is 5.75 Å². The van der Waals surface area contributed by atoms with E-state index in [1.807, 2.05) is 24.3 Å².